The monoisotopic (exact) mass is 685 g/mol. The minimum Gasteiger partial charge on any atom is -0.278 e. The molecular formula is C46H27N3S2. The maximum Gasteiger partial charge on any atom is 0.236 e. The van der Waals surface area contributed by atoms with Crippen molar-refractivity contribution in [3.05, 3.63) is 164 Å². The molecule has 4 heterocycles. The number of nitrogens with zero attached hydrogens (tertiary/aromatic N) is 3. The van der Waals surface area contributed by atoms with Gasteiger partial charge in [0.1, 0.15) is 4.83 Å². The SMILES string of the molecule is c1ccc(-c2cc(-c3ccccc3)cc(-c3nc(-n4c5ccccc5c5c6sc7ccccc7c6ccc54)nc4sc5ccccc5c34)c2)cc1. The van der Waals surface area contributed by atoms with Crippen molar-refractivity contribution in [1.29, 1.82) is 0 Å². The second kappa shape index (κ2) is 11.2. The van der Waals surface area contributed by atoms with Crippen molar-refractivity contribution in [2.75, 3.05) is 0 Å². The van der Waals surface area contributed by atoms with Gasteiger partial charge in [-0.25, -0.2) is 9.97 Å². The zero-order valence-electron chi connectivity index (χ0n) is 27.2. The van der Waals surface area contributed by atoms with Gasteiger partial charge in [-0.05, 0) is 64.7 Å². The molecule has 0 atom stereocenters. The van der Waals surface area contributed by atoms with Gasteiger partial charge in [-0.15, -0.1) is 22.7 Å². The molecule has 0 unspecified atom stereocenters. The maximum absolute atomic E-state index is 5.59. The number of hydrogen-bond acceptors (Lipinski definition) is 4. The second-order valence-electron chi connectivity index (χ2n) is 13.0. The van der Waals surface area contributed by atoms with E-state index in [9.17, 15) is 0 Å². The summed E-state index contributed by atoms with van der Waals surface area (Å²) >= 11 is 3.60. The van der Waals surface area contributed by atoms with E-state index in [0.29, 0.717) is 5.95 Å². The number of rotatable bonds is 4. The average Bonchev–Trinajstić information content (AvgIpc) is 3.87. The van der Waals surface area contributed by atoms with Crippen LogP contribution in [-0.4, -0.2) is 14.5 Å². The third kappa shape index (κ3) is 4.42. The molecule has 0 saturated heterocycles. The molecule has 7 aromatic carbocycles. The van der Waals surface area contributed by atoms with Crippen LogP contribution in [-0.2, 0) is 0 Å². The standard InChI is InChI=1S/C46H27N3S2/c1-3-13-28(14-4-1)30-25-31(29-15-5-2-6-16-29)27-32(26-30)43-42-36-19-9-12-22-40(36)51-45(42)48-46(47-43)49-37-20-10-7-18-35(37)41-38(49)24-23-34-33-17-8-11-21-39(33)50-44(34)41/h1-27H. The van der Waals surface area contributed by atoms with Gasteiger partial charge in [0.25, 0.3) is 0 Å². The highest BCUT2D eigenvalue weighted by atomic mass is 32.1. The van der Waals surface area contributed by atoms with Crippen LogP contribution in [0.3, 0.4) is 0 Å². The summed E-state index contributed by atoms with van der Waals surface area (Å²) < 4.78 is 6.09. The molecule has 0 saturated carbocycles. The minimum absolute atomic E-state index is 0.682. The van der Waals surface area contributed by atoms with Gasteiger partial charge >= 0.3 is 0 Å². The molecule has 238 valence electrons. The minimum atomic E-state index is 0.682. The Bertz CT molecular complexity index is 3080. The van der Waals surface area contributed by atoms with Gasteiger partial charge in [0.2, 0.25) is 5.95 Å². The average molecular weight is 686 g/mol. The smallest absolute Gasteiger partial charge is 0.236 e. The number of hydrogen-bond donors (Lipinski definition) is 0. The lowest BCUT2D eigenvalue weighted by Gasteiger charge is -2.14. The van der Waals surface area contributed by atoms with Gasteiger partial charge in [-0.3, -0.25) is 4.57 Å². The summed E-state index contributed by atoms with van der Waals surface area (Å²) in [7, 11) is 0. The summed E-state index contributed by atoms with van der Waals surface area (Å²) in [6.45, 7) is 0. The predicted octanol–water partition coefficient (Wildman–Crippen LogP) is 13.3. The summed E-state index contributed by atoms with van der Waals surface area (Å²) in [5.41, 5.74) is 8.89. The Hall–Kier alpha value is -6.14. The van der Waals surface area contributed by atoms with Crippen LogP contribution in [0, 0.1) is 0 Å². The largest absolute Gasteiger partial charge is 0.278 e. The van der Waals surface area contributed by atoms with E-state index in [1.54, 1.807) is 11.3 Å². The lowest BCUT2D eigenvalue weighted by Crippen LogP contribution is -2.02. The zero-order chi connectivity index (χ0) is 33.5. The van der Waals surface area contributed by atoms with Crippen LogP contribution in [0.25, 0.3) is 102 Å². The Kier molecular flexibility index (Phi) is 6.29. The molecule has 3 nitrogen and oxygen atoms in total. The lowest BCUT2D eigenvalue weighted by atomic mass is 9.94. The van der Waals surface area contributed by atoms with Crippen molar-refractivity contribution in [3.8, 4) is 39.5 Å². The first kappa shape index (κ1) is 28.7. The molecule has 0 amide bonds. The predicted molar refractivity (Wildman–Crippen MR) is 218 cm³/mol. The van der Waals surface area contributed by atoms with Crippen molar-refractivity contribution >= 4 is 85.0 Å². The van der Waals surface area contributed by atoms with Gasteiger partial charge in [-0.1, -0.05) is 121 Å². The molecule has 0 aliphatic rings. The number of thiophene rings is 2. The quantitative estimate of drug-likeness (QED) is 0.185. The Morgan fingerprint density at radius 1 is 0.392 bits per heavy atom. The summed E-state index contributed by atoms with van der Waals surface area (Å²) in [6.07, 6.45) is 0. The third-order valence-corrected chi connectivity index (χ3v) is 12.3. The first-order chi connectivity index (χ1) is 25.3. The molecule has 0 bridgehead atoms. The van der Waals surface area contributed by atoms with E-state index in [-0.39, 0.29) is 0 Å². The zero-order valence-corrected chi connectivity index (χ0v) is 28.9. The first-order valence-corrected chi connectivity index (χ1v) is 18.7. The van der Waals surface area contributed by atoms with Crippen molar-refractivity contribution in [2.24, 2.45) is 0 Å². The van der Waals surface area contributed by atoms with Crippen molar-refractivity contribution in [1.82, 2.24) is 14.5 Å². The second-order valence-corrected chi connectivity index (χ2v) is 15.1. The van der Waals surface area contributed by atoms with Gasteiger partial charge < -0.3 is 0 Å². The van der Waals surface area contributed by atoms with Crippen LogP contribution in [0.15, 0.2) is 164 Å². The topological polar surface area (TPSA) is 30.7 Å². The molecule has 5 heteroatoms. The van der Waals surface area contributed by atoms with E-state index in [4.69, 9.17) is 9.97 Å². The normalized spacial score (nSPS) is 11.9. The fourth-order valence-corrected chi connectivity index (χ4v) is 10.1. The van der Waals surface area contributed by atoms with Gasteiger partial charge in [0.05, 0.1) is 16.7 Å². The Morgan fingerprint density at radius 3 is 1.71 bits per heavy atom. The molecule has 11 aromatic rings. The summed E-state index contributed by atoms with van der Waals surface area (Å²) in [5.74, 6) is 0.682. The van der Waals surface area contributed by atoms with E-state index >= 15 is 0 Å². The molecule has 0 spiro atoms. The van der Waals surface area contributed by atoms with Crippen LogP contribution in [0.1, 0.15) is 0 Å². The van der Waals surface area contributed by atoms with E-state index in [0.717, 1.165) is 43.6 Å². The molecule has 11 rings (SSSR count). The van der Waals surface area contributed by atoms with Crippen LogP contribution >= 0.6 is 22.7 Å². The summed E-state index contributed by atoms with van der Waals surface area (Å²) in [4.78, 5) is 12.0. The van der Waals surface area contributed by atoms with Gasteiger partial charge in [0.15, 0.2) is 0 Å². The molecule has 51 heavy (non-hydrogen) atoms. The fourth-order valence-electron chi connectivity index (χ4n) is 7.73. The van der Waals surface area contributed by atoms with Crippen molar-refractivity contribution in [2.45, 2.75) is 0 Å². The highest BCUT2D eigenvalue weighted by molar-refractivity contribution is 7.27. The van der Waals surface area contributed by atoms with E-state index in [1.165, 1.54) is 52.2 Å². The first-order valence-electron chi connectivity index (χ1n) is 17.1. The van der Waals surface area contributed by atoms with Crippen molar-refractivity contribution < 1.29 is 0 Å². The van der Waals surface area contributed by atoms with E-state index in [1.807, 2.05) is 11.3 Å². The van der Waals surface area contributed by atoms with Crippen LogP contribution in [0.2, 0.25) is 0 Å². The summed E-state index contributed by atoms with van der Waals surface area (Å²) in [5, 5.41) is 7.33. The van der Waals surface area contributed by atoms with Crippen LogP contribution < -0.4 is 0 Å². The Morgan fingerprint density at radius 2 is 0.980 bits per heavy atom. The van der Waals surface area contributed by atoms with Crippen LogP contribution in [0.5, 0.6) is 0 Å². The molecule has 0 aliphatic carbocycles. The molecule has 4 aromatic heterocycles. The van der Waals surface area contributed by atoms with Crippen molar-refractivity contribution in [3.63, 3.8) is 0 Å². The number of para-hydroxylation sites is 1. The lowest BCUT2D eigenvalue weighted by molar-refractivity contribution is 1.02. The molecular weight excluding hydrogens is 659 g/mol. The maximum atomic E-state index is 5.59. The molecule has 0 radical (unpaired) electrons. The van der Waals surface area contributed by atoms with E-state index < -0.39 is 0 Å². The fraction of sp³-hybridized carbons (Fsp3) is 0. The van der Waals surface area contributed by atoms with Crippen LogP contribution in [0.4, 0.5) is 0 Å². The Labute approximate surface area is 301 Å². The molecule has 0 N–H and O–H groups in total. The molecule has 0 fully saturated rings. The number of fused-ring (bicyclic) bond motifs is 10. The summed E-state index contributed by atoms with van der Waals surface area (Å²) in [6, 6.07) is 58.8. The number of aromatic nitrogens is 3. The van der Waals surface area contributed by atoms with E-state index in [2.05, 4.69) is 168 Å². The molecule has 0 aliphatic heterocycles. The highest BCUT2D eigenvalue weighted by Gasteiger charge is 2.22. The number of benzene rings is 7. The highest BCUT2D eigenvalue weighted by Crippen LogP contribution is 2.45. The van der Waals surface area contributed by atoms with Gasteiger partial charge in [-0.2, -0.15) is 0 Å². The Balaban J connectivity index is 1.25. The third-order valence-electron chi connectivity index (χ3n) is 10.0. The van der Waals surface area contributed by atoms with Gasteiger partial charge in [0, 0.05) is 52.0 Å².